The molecule has 1 aromatic heterocycles. The molecule has 1 aliphatic heterocycles. The van der Waals surface area contributed by atoms with Crippen LogP contribution in [-0.4, -0.2) is 35.8 Å². The predicted octanol–water partition coefficient (Wildman–Crippen LogP) is 1.67. The summed E-state index contributed by atoms with van der Waals surface area (Å²) in [7, 11) is 0. The summed E-state index contributed by atoms with van der Waals surface area (Å²) in [4.78, 5) is 8.45. The van der Waals surface area contributed by atoms with E-state index in [9.17, 15) is 0 Å². The Hall–Kier alpha value is -1.78. The molecule has 1 fully saturated rings. The maximum atomic E-state index is 5.48. The fourth-order valence-corrected chi connectivity index (χ4v) is 2.34. The van der Waals surface area contributed by atoms with Gasteiger partial charge in [-0.3, -0.25) is 9.97 Å². The van der Waals surface area contributed by atoms with Gasteiger partial charge in [0.25, 0.3) is 0 Å². The molecule has 0 saturated carbocycles. The van der Waals surface area contributed by atoms with Gasteiger partial charge in [0.05, 0.1) is 25.1 Å². The molecule has 98 valence electrons. The Bertz CT molecular complexity index is 524. The lowest BCUT2D eigenvalue weighted by Crippen LogP contribution is -2.42. The third-order valence-electron chi connectivity index (χ3n) is 3.27. The Balaban J connectivity index is 1.76. The lowest BCUT2D eigenvalue weighted by molar-refractivity contribution is 0.0770. The number of benzene rings is 1. The van der Waals surface area contributed by atoms with Gasteiger partial charge in [0.15, 0.2) is 0 Å². The zero-order valence-electron chi connectivity index (χ0n) is 10.7. The zero-order valence-corrected chi connectivity index (χ0v) is 10.7. The Morgan fingerprint density at radius 2 is 2.32 bits per heavy atom. The van der Waals surface area contributed by atoms with Crippen LogP contribution in [0.4, 0.5) is 0 Å². The summed E-state index contributed by atoms with van der Waals surface area (Å²) in [5, 5.41) is 3.47. The maximum Gasteiger partial charge on any atom is 0.0885 e. The van der Waals surface area contributed by atoms with E-state index in [2.05, 4.69) is 39.6 Å². The van der Waals surface area contributed by atoms with E-state index >= 15 is 0 Å². The number of aromatic nitrogens is 2. The smallest absolute Gasteiger partial charge is 0.0885 e. The predicted molar refractivity (Wildman–Crippen MR) is 73.8 cm³/mol. The lowest BCUT2D eigenvalue weighted by Gasteiger charge is -2.23. The fourth-order valence-electron chi connectivity index (χ4n) is 2.34. The maximum absolute atomic E-state index is 5.48. The van der Waals surface area contributed by atoms with E-state index in [0.29, 0.717) is 6.04 Å². The first kappa shape index (κ1) is 12.3. The van der Waals surface area contributed by atoms with Crippen molar-refractivity contribution in [1.29, 1.82) is 0 Å². The van der Waals surface area contributed by atoms with Gasteiger partial charge in [0, 0.05) is 30.5 Å². The van der Waals surface area contributed by atoms with Crippen molar-refractivity contribution >= 4 is 0 Å². The van der Waals surface area contributed by atoms with Crippen LogP contribution >= 0.6 is 0 Å². The van der Waals surface area contributed by atoms with Crippen molar-refractivity contribution < 1.29 is 4.74 Å². The zero-order chi connectivity index (χ0) is 12.9. The Morgan fingerprint density at radius 1 is 1.32 bits per heavy atom. The minimum Gasteiger partial charge on any atom is -0.379 e. The first-order valence-electron chi connectivity index (χ1n) is 6.58. The molecule has 0 spiro atoms. The molecule has 1 aromatic carbocycles. The van der Waals surface area contributed by atoms with Gasteiger partial charge in [-0.2, -0.15) is 0 Å². The molecular formula is C15H17N3O. The van der Waals surface area contributed by atoms with Crippen molar-refractivity contribution in [2.24, 2.45) is 0 Å². The molecule has 3 rings (SSSR count). The molecular weight excluding hydrogens is 238 g/mol. The molecule has 4 nitrogen and oxygen atoms in total. The molecule has 0 amide bonds. The minimum atomic E-state index is 0.408. The number of ether oxygens (including phenoxy) is 1. The Kier molecular flexibility index (Phi) is 3.81. The van der Waals surface area contributed by atoms with Gasteiger partial charge in [0.1, 0.15) is 0 Å². The largest absolute Gasteiger partial charge is 0.379 e. The van der Waals surface area contributed by atoms with Gasteiger partial charge in [-0.15, -0.1) is 0 Å². The third kappa shape index (κ3) is 3.16. The minimum absolute atomic E-state index is 0.408. The average molecular weight is 255 g/mol. The second-order valence-electron chi connectivity index (χ2n) is 4.72. The second-order valence-corrected chi connectivity index (χ2v) is 4.72. The van der Waals surface area contributed by atoms with Crippen LogP contribution in [0.25, 0.3) is 11.3 Å². The number of morpholine rings is 1. The summed E-state index contributed by atoms with van der Waals surface area (Å²) >= 11 is 0. The van der Waals surface area contributed by atoms with Gasteiger partial charge in [-0.1, -0.05) is 18.2 Å². The van der Waals surface area contributed by atoms with Crippen molar-refractivity contribution in [3.8, 4) is 11.3 Å². The first-order chi connectivity index (χ1) is 9.42. The van der Waals surface area contributed by atoms with E-state index in [-0.39, 0.29) is 0 Å². The highest BCUT2D eigenvalue weighted by atomic mass is 16.5. The molecule has 19 heavy (non-hydrogen) atoms. The van der Waals surface area contributed by atoms with Crippen LogP contribution in [0.1, 0.15) is 5.56 Å². The molecule has 1 unspecified atom stereocenters. The molecule has 4 heteroatoms. The van der Waals surface area contributed by atoms with Crippen molar-refractivity contribution in [3.05, 3.63) is 48.4 Å². The standard InChI is InChI=1S/C15H17N3O/c1-2-12(9-14-11-19-7-6-17-14)8-13(3-1)15-10-16-4-5-18-15/h1-5,8,10,14,17H,6-7,9,11H2. The highest BCUT2D eigenvalue weighted by Gasteiger charge is 2.13. The molecule has 1 atom stereocenters. The van der Waals surface area contributed by atoms with Crippen LogP contribution < -0.4 is 5.32 Å². The van der Waals surface area contributed by atoms with Gasteiger partial charge in [-0.25, -0.2) is 0 Å². The van der Waals surface area contributed by atoms with Crippen LogP contribution in [0.3, 0.4) is 0 Å². The van der Waals surface area contributed by atoms with Gasteiger partial charge in [-0.05, 0) is 18.1 Å². The monoisotopic (exact) mass is 255 g/mol. The van der Waals surface area contributed by atoms with E-state index in [4.69, 9.17) is 4.74 Å². The summed E-state index contributed by atoms with van der Waals surface area (Å²) in [6.45, 7) is 2.54. The summed E-state index contributed by atoms with van der Waals surface area (Å²) in [5.74, 6) is 0. The quantitative estimate of drug-likeness (QED) is 0.906. The van der Waals surface area contributed by atoms with Crippen molar-refractivity contribution in [1.82, 2.24) is 15.3 Å². The molecule has 1 N–H and O–H groups in total. The van der Waals surface area contributed by atoms with Crippen molar-refractivity contribution in [2.75, 3.05) is 19.8 Å². The average Bonchev–Trinajstić information content (AvgIpc) is 2.49. The number of hydrogen-bond acceptors (Lipinski definition) is 4. The van der Waals surface area contributed by atoms with Crippen LogP contribution in [-0.2, 0) is 11.2 Å². The number of rotatable bonds is 3. The Morgan fingerprint density at radius 3 is 3.11 bits per heavy atom. The van der Waals surface area contributed by atoms with Crippen LogP contribution in [0.2, 0.25) is 0 Å². The lowest BCUT2D eigenvalue weighted by atomic mass is 10.0. The second kappa shape index (κ2) is 5.91. The summed E-state index contributed by atoms with van der Waals surface area (Å²) in [6.07, 6.45) is 6.18. The molecule has 1 saturated heterocycles. The highest BCUT2D eigenvalue weighted by molar-refractivity contribution is 5.58. The Labute approximate surface area is 112 Å². The molecule has 2 heterocycles. The van der Waals surface area contributed by atoms with Crippen molar-refractivity contribution in [3.63, 3.8) is 0 Å². The van der Waals surface area contributed by atoms with Crippen LogP contribution in [0, 0.1) is 0 Å². The van der Waals surface area contributed by atoms with Crippen LogP contribution in [0.5, 0.6) is 0 Å². The van der Waals surface area contributed by atoms with E-state index < -0.39 is 0 Å². The van der Waals surface area contributed by atoms with Crippen molar-refractivity contribution in [2.45, 2.75) is 12.5 Å². The van der Waals surface area contributed by atoms with E-state index in [1.807, 2.05) is 0 Å². The first-order valence-corrected chi connectivity index (χ1v) is 6.58. The summed E-state index contributed by atoms with van der Waals surface area (Å²) in [6, 6.07) is 8.88. The normalized spacial score (nSPS) is 19.3. The molecule has 0 bridgehead atoms. The summed E-state index contributed by atoms with van der Waals surface area (Å²) < 4.78 is 5.48. The summed E-state index contributed by atoms with van der Waals surface area (Å²) in [5.41, 5.74) is 3.32. The number of nitrogens with one attached hydrogen (secondary N) is 1. The SMILES string of the molecule is c1cc(CC2COCCN2)cc(-c2cnccn2)c1. The highest BCUT2D eigenvalue weighted by Crippen LogP contribution is 2.18. The topological polar surface area (TPSA) is 47.0 Å². The van der Waals surface area contributed by atoms with Crippen LogP contribution in [0.15, 0.2) is 42.9 Å². The van der Waals surface area contributed by atoms with E-state index in [1.165, 1.54) is 5.56 Å². The number of nitrogens with zero attached hydrogens (tertiary/aromatic N) is 2. The number of hydrogen-bond donors (Lipinski definition) is 1. The molecule has 1 aliphatic rings. The van der Waals surface area contributed by atoms with Gasteiger partial charge in [0.2, 0.25) is 0 Å². The molecule has 0 radical (unpaired) electrons. The van der Waals surface area contributed by atoms with Gasteiger partial charge < -0.3 is 10.1 Å². The van der Waals surface area contributed by atoms with E-state index in [0.717, 1.165) is 37.4 Å². The molecule has 2 aromatic rings. The molecule has 0 aliphatic carbocycles. The third-order valence-corrected chi connectivity index (χ3v) is 3.27. The van der Waals surface area contributed by atoms with E-state index in [1.54, 1.807) is 18.6 Å². The fraction of sp³-hybridized carbons (Fsp3) is 0.333. The van der Waals surface area contributed by atoms with Gasteiger partial charge >= 0.3 is 0 Å².